The molecule has 0 saturated carbocycles. The van der Waals surface area contributed by atoms with Gasteiger partial charge >= 0.3 is 17.8 Å². The average Bonchev–Trinajstić information content (AvgIpc) is 3.90. The van der Waals surface area contributed by atoms with E-state index in [2.05, 4.69) is 20.8 Å². The van der Waals surface area contributed by atoms with Gasteiger partial charge in [0.25, 0.3) is 0 Å². The number of thioether (sulfide) groups is 1. The maximum atomic E-state index is 16.5. The van der Waals surface area contributed by atoms with E-state index in [-0.39, 0.29) is 33.6 Å². The topological polar surface area (TPSA) is 31.6 Å². The van der Waals surface area contributed by atoms with E-state index in [1.807, 2.05) is 41.1 Å². The predicted octanol–water partition coefficient (Wildman–Crippen LogP) is 11.7. The number of thiophene rings is 2. The summed E-state index contributed by atoms with van der Waals surface area (Å²) in [5.41, 5.74) is -3.33. The summed E-state index contributed by atoms with van der Waals surface area (Å²) in [7, 11) is 2.72. The third kappa shape index (κ3) is 4.24. The molecule has 2 aromatic carbocycles. The van der Waals surface area contributed by atoms with Gasteiger partial charge in [0, 0.05) is 54.0 Å². The zero-order valence-corrected chi connectivity index (χ0v) is 29.8. The van der Waals surface area contributed by atoms with Crippen LogP contribution in [0.1, 0.15) is 53.0 Å². The van der Waals surface area contributed by atoms with Crippen LogP contribution < -0.4 is 9.47 Å². The van der Waals surface area contributed by atoms with Crippen molar-refractivity contribution >= 4 is 55.9 Å². The Morgan fingerprint density at radius 1 is 0.800 bits per heavy atom. The van der Waals surface area contributed by atoms with E-state index in [0.29, 0.717) is 20.2 Å². The van der Waals surface area contributed by atoms with Gasteiger partial charge in [0.1, 0.15) is 16.8 Å². The molecular formula is C38H30F6O3S3. The molecule has 0 spiro atoms. The van der Waals surface area contributed by atoms with Crippen LogP contribution in [-0.2, 0) is 10.8 Å². The van der Waals surface area contributed by atoms with Gasteiger partial charge in [-0.2, -0.15) is 26.3 Å². The van der Waals surface area contributed by atoms with E-state index in [1.165, 1.54) is 66.9 Å². The number of ether oxygens (including phenoxy) is 2. The normalized spacial score (nSPS) is 24.8. The van der Waals surface area contributed by atoms with Gasteiger partial charge in [-0.1, -0.05) is 63.2 Å². The summed E-state index contributed by atoms with van der Waals surface area (Å²) in [5, 5.41) is 2.54. The standard InChI is InChI=1S/C38H30F6O3S3/c1-34(2,3)19-10-12-20(13-11-19)35(28-9-7-15-49-28)32-29(21-16-24(45-4)25(46-5)18-23(21)47-32)31-30(36(39,40)38(43,44)37(31,41)42)22-17-27(50-33(22)35)26-8-6-14-48-26/h6-18,22,33H,1-5H3. The number of furan rings is 1. The van der Waals surface area contributed by atoms with Crippen molar-refractivity contribution in [1.82, 2.24) is 0 Å². The Morgan fingerprint density at radius 3 is 2.06 bits per heavy atom. The zero-order chi connectivity index (χ0) is 35.6. The summed E-state index contributed by atoms with van der Waals surface area (Å²) < 4.78 is 115. The quantitative estimate of drug-likeness (QED) is 0.168. The second-order valence-corrected chi connectivity index (χ2v) is 16.8. The van der Waals surface area contributed by atoms with Crippen LogP contribution in [0.3, 0.4) is 0 Å². The fraction of sp³-hybridized carbons (Fsp3) is 0.316. The van der Waals surface area contributed by atoms with Crippen molar-refractivity contribution in [3.05, 3.63) is 115 Å². The summed E-state index contributed by atoms with van der Waals surface area (Å²) in [6.07, 6.45) is 1.48. The van der Waals surface area contributed by atoms with Crippen LogP contribution >= 0.6 is 34.4 Å². The molecule has 2 aliphatic carbocycles. The van der Waals surface area contributed by atoms with Gasteiger partial charge in [0.2, 0.25) is 0 Å². The molecule has 0 fully saturated rings. The Labute approximate surface area is 296 Å². The molecule has 0 bridgehead atoms. The molecule has 5 aromatic rings. The number of rotatable bonds is 5. The molecule has 50 heavy (non-hydrogen) atoms. The smallest absolute Gasteiger partial charge is 0.380 e. The Hall–Kier alpha value is -3.61. The van der Waals surface area contributed by atoms with Crippen LogP contribution in [0.25, 0.3) is 21.4 Å². The Kier molecular flexibility index (Phi) is 7.34. The van der Waals surface area contributed by atoms with Crippen LogP contribution in [0.5, 0.6) is 11.5 Å². The van der Waals surface area contributed by atoms with Gasteiger partial charge < -0.3 is 13.9 Å². The van der Waals surface area contributed by atoms with Gasteiger partial charge in [-0.15, -0.1) is 34.4 Å². The molecule has 0 amide bonds. The van der Waals surface area contributed by atoms with Crippen molar-refractivity contribution in [1.29, 1.82) is 0 Å². The van der Waals surface area contributed by atoms with Crippen molar-refractivity contribution in [2.75, 3.05) is 14.2 Å². The first-order valence-electron chi connectivity index (χ1n) is 15.8. The molecule has 260 valence electrons. The molecule has 3 atom stereocenters. The lowest BCUT2D eigenvalue weighted by Gasteiger charge is -2.41. The Balaban J connectivity index is 1.58. The van der Waals surface area contributed by atoms with Crippen LogP contribution in [0, 0.1) is 5.92 Å². The third-order valence-corrected chi connectivity index (χ3v) is 13.6. The predicted molar refractivity (Wildman–Crippen MR) is 188 cm³/mol. The van der Waals surface area contributed by atoms with Gasteiger partial charge in [-0.3, -0.25) is 0 Å². The van der Waals surface area contributed by atoms with E-state index >= 15 is 26.3 Å². The number of benzene rings is 2. The van der Waals surface area contributed by atoms with Gasteiger partial charge in [0.05, 0.1) is 14.2 Å². The van der Waals surface area contributed by atoms with Gasteiger partial charge in [-0.25, -0.2) is 0 Å². The molecule has 3 unspecified atom stereocenters. The maximum Gasteiger partial charge on any atom is 0.380 e. The molecule has 8 rings (SSSR count). The summed E-state index contributed by atoms with van der Waals surface area (Å²) in [4.78, 5) is 1.89. The lowest BCUT2D eigenvalue weighted by atomic mass is 9.68. The Bertz CT molecular complexity index is 2190. The van der Waals surface area contributed by atoms with Crippen molar-refractivity contribution in [2.24, 2.45) is 5.92 Å². The fourth-order valence-electron chi connectivity index (χ4n) is 7.67. The molecule has 1 aliphatic heterocycles. The molecule has 12 heteroatoms. The van der Waals surface area contributed by atoms with E-state index < -0.39 is 51.1 Å². The minimum Gasteiger partial charge on any atom is -0.493 e. The highest BCUT2D eigenvalue weighted by atomic mass is 32.2. The van der Waals surface area contributed by atoms with Crippen molar-refractivity contribution < 1.29 is 40.2 Å². The third-order valence-electron chi connectivity index (χ3n) is 10.1. The largest absolute Gasteiger partial charge is 0.493 e. The minimum absolute atomic E-state index is 0.00830. The number of methoxy groups -OCH3 is 2. The summed E-state index contributed by atoms with van der Waals surface area (Å²) in [6.45, 7) is 6.17. The number of hydrogen-bond donors (Lipinski definition) is 0. The van der Waals surface area contributed by atoms with Crippen molar-refractivity contribution in [3.8, 4) is 11.5 Å². The average molecular weight is 745 g/mol. The van der Waals surface area contributed by atoms with Gasteiger partial charge in [0.15, 0.2) is 11.5 Å². The first-order valence-corrected chi connectivity index (χ1v) is 18.4. The molecule has 3 aromatic heterocycles. The number of alkyl halides is 6. The summed E-state index contributed by atoms with van der Waals surface area (Å²) in [5.74, 6) is -17.5. The first kappa shape index (κ1) is 33.5. The molecule has 4 heterocycles. The van der Waals surface area contributed by atoms with E-state index in [1.54, 1.807) is 18.2 Å². The molecule has 0 N–H and O–H groups in total. The van der Waals surface area contributed by atoms with Crippen LogP contribution in [0.15, 0.2) is 87.5 Å². The minimum atomic E-state index is -5.71. The van der Waals surface area contributed by atoms with E-state index in [0.717, 1.165) is 5.56 Å². The van der Waals surface area contributed by atoms with Crippen LogP contribution in [0.4, 0.5) is 26.3 Å². The second-order valence-electron chi connectivity index (χ2n) is 13.7. The number of halogens is 6. The van der Waals surface area contributed by atoms with Crippen molar-refractivity contribution in [2.45, 2.75) is 54.6 Å². The zero-order valence-electron chi connectivity index (χ0n) is 27.4. The lowest BCUT2D eigenvalue weighted by molar-refractivity contribution is -0.261. The van der Waals surface area contributed by atoms with Crippen LogP contribution in [0.2, 0.25) is 0 Å². The Morgan fingerprint density at radius 2 is 1.46 bits per heavy atom. The summed E-state index contributed by atoms with van der Waals surface area (Å²) >= 11 is 3.90. The van der Waals surface area contributed by atoms with E-state index in [9.17, 15) is 0 Å². The summed E-state index contributed by atoms with van der Waals surface area (Å²) in [6, 6.07) is 17.6. The highest BCUT2D eigenvalue weighted by Gasteiger charge is 2.82. The molecule has 3 aliphatic rings. The molecule has 0 radical (unpaired) electrons. The highest BCUT2D eigenvalue weighted by Crippen LogP contribution is 2.72. The second kappa shape index (κ2) is 10.9. The number of fused-ring (bicyclic) bond motifs is 6. The number of hydrogen-bond acceptors (Lipinski definition) is 6. The molecule has 3 nitrogen and oxygen atoms in total. The number of allylic oxidation sites excluding steroid dienone is 3. The fourth-order valence-corrected chi connectivity index (χ4v) is 11.3. The maximum absolute atomic E-state index is 16.5. The van der Waals surface area contributed by atoms with Crippen molar-refractivity contribution in [3.63, 3.8) is 0 Å². The highest BCUT2D eigenvalue weighted by molar-refractivity contribution is 8.09. The van der Waals surface area contributed by atoms with Gasteiger partial charge in [-0.05, 0) is 45.5 Å². The SMILES string of the molecule is COc1cc2oc3c(c2cc1OC)C1=C(C2C=C(c4cccs4)SC2C3(c2ccc(C(C)(C)C)cc2)c2cccs2)C(F)(F)C(F)(F)C1(F)F. The van der Waals surface area contributed by atoms with E-state index in [4.69, 9.17) is 13.9 Å². The van der Waals surface area contributed by atoms with Crippen LogP contribution in [-0.4, -0.2) is 37.2 Å². The monoisotopic (exact) mass is 744 g/mol. The first-order chi connectivity index (χ1) is 23.6. The molecule has 0 saturated heterocycles. The molecular weight excluding hydrogens is 715 g/mol. The lowest BCUT2D eigenvalue weighted by Crippen LogP contribution is -2.51.